The van der Waals surface area contributed by atoms with Crippen LogP contribution in [0.15, 0.2) is 16.9 Å². The van der Waals surface area contributed by atoms with E-state index in [4.69, 9.17) is 4.52 Å². The van der Waals surface area contributed by atoms with Gasteiger partial charge in [0.25, 0.3) is 0 Å². The number of nitrogens with zero attached hydrogens (tertiary/aromatic N) is 4. The maximum atomic E-state index is 11.3. The molecule has 0 aromatic carbocycles. The van der Waals surface area contributed by atoms with Crippen LogP contribution in [0.4, 0.5) is 0 Å². The molecule has 106 valence electrons. The molecule has 2 aromatic rings. The van der Waals surface area contributed by atoms with E-state index in [1.807, 2.05) is 7.05 Å². The molecule has 0 saturated heterocycles. The molecule has 7 nitrogen and oxygen atoms in total. The molecule has 0 aliphatic heterocycles. The molecule has 1 N–H and O–H groups in total. The van der Waals surface area contributed by atoms with Gasteiger partial charge in [-0.05, 0) is 12.8 Å². The van der Waals surface area contributed by atoms with Gasteiger partial charge in [0, 0.05) is 13.2 Å². The first-order valence-electron chi connectivity index (χ1n) is 6.70. The highest BCUT2D eigenvalue weighted by atomic mass is 16.5. The Labute approximate surface area is 115 Å². The second kappa shape index (κ2) is 5.07. The largest absolute Gasteiger partial charge is 0.481 e. The van der Waals surface area contributed by atoms with Crippen LogP contribution in [0.5, 0.6) is 0 Å². The second-order valence-electron chi connectivity index (χ2n) is 5.19. The minimum atomic E-state index is -0.782. The lowest BCUT2D eigenvalue weighted by Gasteiger charge is -2.25. The minimum Gasteiger partial charge on any atom is -0.481 e. The summed E-state index contributed by atoms with van der Waals surface area (Å²) in [5.41, 5.74) is 0.769. The zero-order valence-electron chi connectivity index (χ0n) is 11.2. The van der Waals surface area contributed by atoms with Crippen molar-refractivity contribution in [3.63, 3.8) is 0 Å². The number of hydrogen-bond donors (Lipinski definition) is 1. The van der Waals surface area contributed by atoms with Gasteiger partial charge in [-0.25, -0.2) is 0 Å². The summed E-state index contributed by atoms with van der Waals surface area (Å²) in [6, 6.07) is 0. The number of carbonyl (C=O) groups is 1. The van der Waals surface area contributed by atoms with Crippen molar-refractivity contribution in [1.29, 1.82) is 0 Å². The van der Waals surface area contributed by atoms with Gasteiger partial charge in [-0.3, -0.25) is 9.48 Å². The Balaban J connectivity index is 1.87. The van der Waals surface area contributed by atoms with Crippen LogP contribution in [0.25, 0.3) is 11.4 Å². The van der Waals surface area contributed by atoms with Crippen molar-refractivity contribution in [1.82, 2.24) is 19.9 Å². The van der Waals surface area contributed by atoms with Crippen LogP contribution >= 0.6 is 0 Å². The number of rotatable bonds is 3. The van der Waals surface area contributed by atoms with Crippen LogP contribution in [0.1, 0.15) is 37.5 Å². The maximum Gasteiger partial charge on any atom is 0.307 e. The standard InChI is InChI=1S/C13H16N4O3/c1-17-7-8(6-14-17)11-15-12(20-16-11)9-4-2-3-5-10(9)13(18)19/h6-7,9-10H,2-5H2,1H3,(H,18,19). The molecule has 1 saturated carbocycles. The molecular weight excluding hydrogens is 260 g/mol. The molecule has 0 radical (unpaired) electrons. The fraction of sp³-hybridized carbons (Fsp3) is 0.538. The van der Waals surface area contributed by atoms with Gasteiger partial charge in [0.2, 0.25) is 11.7 Å². The predicted octanol–water partition coefficient (Wildman–Crippen LogP) is 1.83. The van der Waals surface area contributed by atoms with Gasteiger partial charge in [0.05, 0.1) is 23.6 Å². The normalized spacial score (nSPS) is 22.9. The fourth-order valence-electron chi connectivity index (χ4n) is 2.76. The Morgan fingerprint density at radius 2 is 2.25 bits per heavy atom. The lowest BCUT2D eigenvalue weighted by Crippen LogP contribution is -2.25. The first-order chi connectivity index (χ1) is 9.65. The van der Waals surface area contributed by atoms with Crippen molar-refractivity contribution in [3.05, 3.63) is 18.3 Å². The van der Waals surface area contributed by atoms with Crippen LogP contribution in [-0.2, 0) is 11.8 Å². The van der Waals surface area contributed by atoms with E-state index in [1.54, 1.807) is 17.1 Å². The molecule has 2 heterocycles. The van der Waals surface area contributed by atoms with Gasteiger partial charge >= 0.3 is 5.97 Å². The summed E-state index contributed by atoms with van der Waals surface area (Å²) in [5, 5.41) is 17.3. The predicted molar refractivity (Wildman–Crippen MR) is 68.8 cm³/mol. The van der Waals surface area contributed by atoms with E-state index >= 15 is 0 Å². The molecule has 1 aliphatic carbocycles. The van der Waals surface area contributed by atoms with Gasteiger partial charge in [0.15, 0.2) is 0 Å². The van der Waals surface area contributed by atoms with Crippen molar-refractivity contribution in [3.8, 4) is 11.4 Å². The van der Waals surface area contributed by atoms with Crippen molar-refractivity contribution in [2.75, 3.05) is 0 Å². The van der Waals surface area contributed by atoms with Gasteiger partial charge in [-0.2, -0.15) is 10.1 Å². The van der Waals surface area contributed by atoms with Crippen molar-refractivity contribution in [2.45, 2.75) is 31.6 Å². The van der Waals surface area contributed by atoms with E-state index in [0.717, 1.165) is 24.8 Å². The van der Waals surface area contributed by atoms with Crippen LogP contribution in [-0.4, -0.2) is 31.0 Å². The summed E-state index contributed by atoms with van der Waals surface area (Å²) < 4.78 is 6.95. The summed E-state index contributed by atoms with van der Waals surface area (Å²) >= 11 is 0. The van der Waals surface area contributed by atoms with E-state index in [0.29, 0.717) is 18.1 Å². The lowest BCUT2D eigenvalue weighted by molar-refractivity contribution is -0.143. The molecular formula is C13H16N4O3. The number of hydrogen-bond acceptors (Lipinski definition) is 5. The first kappa shape index (κ1) is 12.8. The Kier molecular flexibility index (Phi) is 3.25. The summed E-state index contributed by atoms with van der Waals surface area (Å²) in [6.45, 7) is 0. The molecule has 0 amide bonds. The number of aliphatic carboxylic acids is 1. The zero-order chi connectivity index (χ0) is 14.1. The van der Waals surface area contributed by atoms with Gasteiger partial charge in [-0.15, -0.1) is 0 Å². The molecule has 2 aromatic heterocycles. The monoisotopic (exact) mass is 276 g/mol. The molecule has 2 unspecified atom stereocenters. The van der Waals surface area contributed by atoms with E-state index in [-0.39, 0.29) is 5.92 Å². The number of carboxylic acids is 1. The van der Waals surface area contributed by atoms with Crippen LogP contribution < -0.4 is 0 Å². The molecule has 20 heavy (non-hydrogen) atoms. The molecule has 2 atom stereocenters. The number of aromatic nitrogens is 4. The molecule has 1 aliphatic rings. The van der Waals surface area contributed by atoms with Gasteiger partial charge < -0.3 is 9.63 Å². The van der Waals surface area contributed by atoms with Crippen LogP contribution in [0.3, 0.4) is 0 Å². The Morgan fingerprint density at radius 1 is 1.45 bits per heavy atom. The third-order valence-electron chi connectivity index (χ3n) is 3.81. The van der Waals surface area contributed by atoms with Crippen molar-refractivity contribution < 1.29 is 14.4 Å². The van der Waals surface area contributed by atoms with Crippen molar-refractivity contribution >= 4 is 5.97 Å². The maximum absolute atomic E-state index is 11.3. The van der Waals surface area contributed by atoms with Gasteiger partial charge in [-0.1, -0.05) is 18.0 Å². The smallest absolute Gasteiger partial charge is 0.307 e. The minimum absolute atomic E-state index is 0.181. The highest BCUT2D eigenvalue weighted by molar-refractivity contribution is 5.71. The fourth-order valence-corrected chi connectivity index (χ4v) is 2.76. The Bertz CT molecular complexity index is 619. The third kappa shape index (κ3) is 2.31. The van der Waals surface area contributed by atoms with E-state index in [9.17, 15) is 9.90 Å². The average Bonchev–Trinajstić information content (AvgIpc) is 3.07. The highest BCUT2D eigenvalue weighted by Gasteiger charge is 2.35. The van der Waals surface area contributed by atoms with Crippen LogP contribution in [0.2, 0.25) is 0 Å². The summed E-state index contributed by atoms with van der Waals surface area (Å²) in [5.74, 6) is -0.500. The summed E-state index contributed by atoms with van der Waals surface area (Å²) in [4.78, 5) is 15.7. The second-order valence-corrected chi connectivity index (χ2v) is 5.19. The van der Waals surface area contributed by atoms with Crippen molar-refractivity contribution in [2.24, 2.45) is 13.0 Å². The number of carboxylic acid groups (broad SMARTS) is 1. The van der Waals surface area contributed by atoms with E-state index in [2.05, 4.69) is 15.2 Å². The Morgan fingerprint density at radius 3 is 2.95 bits per heavy atom. The molecule has 0 spiro atoms. The topological polar surface area (TPSA) is 94.0 Å². The molecule has 3 rings (SSSR count). The van der Waals surface area contributed by atoms with E-state index < -0.39 is 11.9 Å². The van der Waals surface area contributed by atoms with E-state index in [1.165, 1.54) is 0 Å². The average molecular weight is 276 g/mol. The molecule has 7 heteroatoms. The zero-order valence-corrected chi connectivity index (χ0v) is 11.2. The number of aryl methyl sites for hydroxylation is 1. The molecule has 0 bridgehead atoms. The van der Waals surface area contributed by atoms with Gasteiger partial charge in [0.1, 0.15) is 0 Å². The summed E-state index contributed by atoms with van der Waals surface area (Å²) in [7, 11) is 1.81. The third-order valence-corrected chi connectivity index (χ3v) is 3.81. The van der Waals surface area contributed by atoms with Crippen LogP contribution in [0, 0.1) is 5.92 Å². The summed E-state index contributed by atoms with van der Waals surface area (Å²) in [6.07, 6.45) is 6.85. The quantitative estimate of drug-likeness (QED) is 0.919. The SMILES string of the molecule is Cn1cc(-c2noc(C3CCCCC3C(=O)O)n2)cn1. The highest BCUT2D eigenvalue weighted by Crippen LogP contribution is 2.37. The Hall–Kier alpha value is -2.18. The molecule has 1 fully saturated rings. The lowest BCUT2D eigenvalue weighted by atomic mass is 9.79. The first-order valence-corrected chi connectivity index (χ1v) is 6.70.